The van der Waals surface area contributed by atoms with Crippen LogP contribution in [0, 0.1) is 10.1 Å². The second-order valence-corrected chi connectivity index (χ2v) is 5.31. The molecule has 0 N–H and O–H groups in total. The van der Waals surface area contributed by atoms with E-state index in [1.807, 2.05) is 36.7 Å². The van der Waals surface area contributed by atoms with Gasteiger partial charge in [0.15, 0.2) is 18.9 Å². The lowest BCUT2D eigenvalue weighted by molar-refractivity contribution is -0.689. The Labute approximate surface area is 134 Å². The number of hydrogen-bond donors (Lipinski definition) is 0. The first-order valence-corrected chi connectivity index (χ1v) is 7.32. The molecule has 1 aromatic heterocycles. The van der Waals surface area contributed by atoms with E-state index in [0.717, 1.165) is 17.8 Å². The summed E-state index contributed by atoms with van der Waals surface area (Å²) < 4.78 is 2.06. The monoisotopic (exact) mass is 306 g/mol. The van der Waals surface area contributed by atoms with E-state index in [0.29, 0.717) is 6.42 Å². The lowest BCUT2D eigenvalue weighted by Gasteiger charge is -2.02. The summed E-state index contributed by atoms with van der Waals surface area (Å²) in [4.78, 5) is 14.8. The highest BCUT2D eigenvalue weighted by Crippen LogP contribution is 2.15. The molecule has 3 rings (SSSR count). The van der Waals surface area contributed by atoms with Crippen LogP contribution in [-0.4, -0.2) is 9.91 Å². The van der Waals surface area contributed by atoms with Crippen LogP contribution in [0.1, 0.15) is 16.8 Å². The van der Waals surface area contributed by atoms with E-state index in [4.69, 9.17) is 0 Å². The van der Waals surface area contributed by atoms with Crippen molar-refractivity contribution in [1.82, 2.24) is 4.98 Å². The van der Waals surface area contributed by atoms with Gasteiger partial charge >= 0.3 is 0 Å². The smallest absolute Gasteiger partial charge is 0.258 e. The Bertz CT molecular complexity index is 819. The van der Waals surface area contributed by atoms with E-state index in [1.165, 1.54) is 11.6 Å². The molecule has 0 saturated carbocycles. The van der Waals surface area contributed by atoms with Gasteiger partial charge in [-0.1, -0.05) is 42.5 Å². The maximum absolute atomic E-state index is 10.8. The first kappa shape index (κ1) is 14.8. The number of non-ortho nitro benzene ring substituents is 1. The molecule has 0 aliphatic rings. The van der Waals surface area contributed by atoms with Gasteiger partial charge in [0, 0.05) is 24.1 Å². The van der Waals surface area contributed by atoms with Crippen LogP contribution >= 0.6 is 0 Å². The molecule has 0 aliphatic carbocycles. The minimum Gasteiger partial charge on any atom is -0.258 e. The fourth-order valence-corrected chi connectivity index (χ4v) is 2.46. The van der Waals surface area contributed by atoms with E-state index < -0.39 is 0 Å². The number of nitro groups is 1. The van der Waals surface area contributed by atoms with Gasteiger partial charge in [-0.25, -0.2) is 4.98 Å². The normalized spacial score (nSPS) is 10.4. The summed E-state index contributed by atoms with van der Waals surface area (Å²) in [6.45, 7) is 0.769. The molecule has 0 aliphatic heterocycles. The Morgan fingerprint density at radius 1 is 1.04 bits per heavy atom. The van der Waals surface area contributed by atoms with Crippen molar-refractivity contribution in [1.29, 1.82) is 0 Å². The van der Waals surface area contributed by atoms with E-state index in [2.05, 4.69) is 21.7 Å². The maximum atomic E-state index is 10.8. The van der Waals surface area contributed by atoms with Gasteiger partial charge in [0.1, 0.15) is 5.69 Å². The second kappa shape index (κ2) is 6.79. The topological polar surface area (TPSA) is 59.9 Å². The van der Waals surface area contributed by atoms with Crippen LogP contribution in [0.25, 0.3) is 0 Å². The predicted octanol–water partition coefficient (Wildman–Crippen LogP) is 2.92. The fraction of sp³-hybridized carbons (Fsp3) is 0.111. The Hall–Kier alpha value is -3.08. The van der Waals surface area contributed by atoms with Crippen LogP contribution in [0.4, 0.5) is 5.69 Å². The fourth-order valence-electron chi connectivity index (χ4n) is 2.46. The van der Waals surface area contributed by atoms with Crippen molar-refractivity contribution in [2.75, 3.05) is 0 Å². The summed E-state index contributed by atoms with van der Waals surface area (Å²) in [6, 6.07) is 16.9. The van der Waals surface area contributed by atoms with Gasteiger partial charge in [0.05, 0.1) is 11.1 Å². The van der Waals surface area contributed by atoms with Crippen LogP contribution in [0.3, 0.4) is 0 Å². The first-order valence-electron chi connectivity index (χ1n) is 7.32. The van der Waals surface area contributed by atoms with Crippen molar-refractivity contribution in [3.8, 4) is 0 Å². The molecule has 0 spiro atoms. The molecular formula is C18H16N3O2+. The lowest BCUT2D eigenvalue weighted by atomic mass is 10.1. The third-order valence-corrected chi connectivity index (χ3v) is 3.53. The SMILES string of the molecule is O=[N+]([O-])c1cccc(Cc2c[n+](Cc3ccccc3)ccn2)c1. The van der Waals surface area contributed by atoms with Gasteiger partial charge in [-0.05, 0) is 5.56 Å². The van der Waals surface area contributed by atoms with Crippen LogP contribution in [0.2, 0.25) is 0 Å². The average Bonchev–Trinajstić information content (AvgIpc) is 2.56. The van der Waals surface area contributed by atoms with Crippen LogP contribution in [0.5, 0.6) is 0 Å². The minimum absolute atomic E-state index is 0.107. The Morgan fingerprint density at radius 3 is 2.61 bits per heavy atom. The summed E-state index contributed by atoms with van der Waals surface area (Å²) in [7, 11) is 0. The molecule has 5 nitrogen and oxygen atoms in total. The molecule has 0 bridgehead atoms. The number of benzene rings is 2. The van der Waals surface area contributed by atoms with Gasteiger partial charge in [0.2, 0.25) is 0 Å². The largest absolute Gasteiger partial charge is 0.269 e. The van der Waals surface area contributed by atoms with E-state index in [-0.39, 0.29) is 10.6 Å². The zero-order valence-corrected chi connectivity index (χ0v) is 12.5. The molecule has 0 fully saturated rings. The third-order valence-electron chi connectivity index (χ3n) is 3.53. The number of aromatic nitrogens is 2. The van der Waals surface area contributed by atoms with Crippen molar-refractivity contribution < 1.29 is 9.49 Å². The van der Waals surface area contributed by atoms with Crippen molar-refractivity contribution in [3.63, 3.8) is 0 Å². The van der Waals surface area contributed by atoms with Crippen molar-refractivity contribution >= 4 is 5.69 Å². The first-order chi connectivity index (χ1) is 11.2. The van der Waals surface area contributed by atoms with E-state index in [1.54, 1.807) is 18.3 Å². The molecule has 3 aromatic rings. The molecule has 2 aromatic carbocycles. The molecule has 5 heteroatoms. The zero-order chi connectivity index (χ0) is 16.1. The van der Waals surface area contributed by atoms with Crippen LogP contribution in [0.15, 0.2) is 73.2 Å². The lowest BCUT2D eigenvalue weighted by Crippen LogP contribution is -2.34. The minimum atomic E-state index is -0.377. The molecule has 1 heterocycles. The van der Waals surface area contributed by atoms with Gasteiger partial charge in [-0.3, -0.25) is 10.1 Å². The van der Waals surface area contributed by atoms with Crippen molar-refractivity contribution in [2.24, 2.45) is 0 Å². The standard InChI is InChI=1S/C18H16N3O2/c22-21(23)18-8-4-7-16(12-18)11-17-14-20(10-9-19-17)13-15-5-2-1-3-6-15/h1-10,12,14H,11,13H2/q+1. The predicted molar refractivity (Wildman–Crippen MR) is 85.9 cm³/mol. The molecule has 0 atom stereocenters. The van der Waals surface area contributed by atoms with Gasteiger partial charge < -0.3 is 0 Å². The second-order valence-electron chi connectivity index (χ2n) is 5.31. The molecule has 0 saturated heterocycles. The van der Waals surface area contributed by atoms with Gasteiger partial charge in [-0.2, -0.15) is 4.57 Å². The number of rotatable bonds is 5. The Morgan fingerprint density at radius 2 is 1.83 bits per heavy atom. The summed E-state index contributed by atoms with van der Waals surface area (Å²) in [6.07, 6.45) is 6.22. The third kappa shape index (κ3) is 3.97. The highest BCUT2D eigenvalue weighted by Gasteiger charge is 2.09. The summed E-state index contributed by atoms with van der Waals surface area (Å²) in [5, 5.41) is 10.8. The average molecular weight is 306 g/mol. The van der Waals surface area contributed by atoms with Crippen LogP contribution in [-0.2, 0) is 13.0 Å². The number of hydrogen-bond acceptors (Lipinski definition) is 3. The van der Waals surface area contributed by atoms with Crippen LogP contribution < -0.4 is 4.57 Å². The number of nitro benzene ring substituents is 1. The van der Waals surface area contributed by atoms with Gasteiger partial charge in [-0.15, -0.1) is 0 Å². The Balaban J connectivity index is 1.77. The zero-order valence-electron chi connectivity index (χ0n) is 12.5. The van der Waals surface area contributed by atoms with Gasteiger partial charge in [0.25, 0.3) is 5.69 Å². The summed E-state index contributed by atoms with van der Waals surface area (Å²) >= 11 is 0. The van der Waals surface area contributed by atoms with Crippen molar-refractivity contribution in [3.05, 3.63) is 100 Å². The molecule has 0 amide bonds. The molecule has 0 unspecified atom stereocenters. The summed E-state index contributed by atoms with van der Waals surface area (Å²) in [5.41, 5.74) is 3.08. The van der Waals surface area contributed by atoms with E-state index in [9.17, 15) is 10.1 Å². The number of nitrogens with zero attached hydrogens (tertiary/aromatic N) is 3. The quantitative estimate of drug-likeness (QED) is 0.414. The molecular weight excluding hydrogens is 290 g/mol. The van der Waals surface area contributed by atoms with Crippen molar-refractivity contribution in [2.45, 2.75) is 13.0 Å². The maximum Gasteiger partial charge on any atom is 0.269 e. The highest BCUT2D eigenvalue weighted by atomic mass is 16.6. The summed E-state index contributed by atoms with van der Waals surface area (Å²) in [5.74, 6) is 0. The Kier molecular flexibility index (Phi) is 4.38. The van der Waals surface area contributed by atoms with E-state index >= 15 is 0 Å². The highest BCUT2D eigenvalue weighted by molar-refractivity contribution is 5.35. The molecule has 0 radical (unpaired) electrons. The molecule has 23 heavy (non-hydrogen) atoms. The molecule has 114 valence electrons.